The zero-order chi connectivity index (χ0) is 33.2. The normalized spacial score (nSPS) is 16.5. The number of nitriles is 1. The molecule has 1 saturated heterocycles. The van der Waals surface area contributed by atoms with Crippen LogP contribution in [0.4, 0.5) is 5.82 Å². The average molecular weight is 637 g/mol. The summed E-state index contributed by atoms with van der Waals surface area (Å²) in [5.41, 5.74) is 8.86. The van der Waals surface area contributed by atoms with E-state index < -0.39 is 0 Å². The number of methoxy groups -OCH3 is 1. The molecule has 1 atom stereocenters. The Kier molecular flexibility index (Phi) is 8.61. The van der Waals surface area contributed by atoms with Crippen LogP contribution in [-0.4, -0.2) is 75.1 Å². The molecular formula is C38H36N8O2. The summed E-state index contributed by atoms with van der Waals surface area (Å²) in [7, 11) is 1.61. The highest BCUT2D eigenvalue weighted by Gasteiger charge is 2.33. The number of piperazine rings is 1. The maximum Gasteiger partial charge on any atom is 0.225 e. The molecule has 5 aromatic rings. The maximum atomic E-state index is 12.7. The van der Waals surface area contributed by atoms with Crippen LogP contribution in [0.25, 0.3) is 51.4 Å². The lowest BCUT2D eigenvalue weighted by atomic mass is 9.97. The second kappa shape index (κ2) is 13.3. The number of amides is 1. The molecule has 7 rings (SSSR count). The number of fused-ring (bicyclic) bond motifs is 2. The van der Waals surface area contributed by atoms with Gasteiger partial charge < -0.3 is 14.5 Å². The molecule has 2 aliphatic rings. The Morgan fingerprint density at radius 1 is 1.00 bits per heavy atom. The molecule has 1 saturated carbocycles. The Balaban J connectivity index is 1.20. The third-order valence-electron chi connectivity index (χ3n) is 9.03. The first kappa shape index (κ1) is 31.1. The first-order chi connectivity index (χ1) is 23.5. The molecule has 10 nitrogen and oxygen atoms in total. The van der Waals surface area contributed by atoms with Crippen LogP contribution < -0.4 is 4.90 Å². The van der Waals surface area contributed by atoms with Crippen LogP contribution in [0, 0.1) is 11.3 Å². The minimum atomic E-state index is -0.00394. The summed E-state index contributed by atoms with van der Waals surface area (Å²) in [6, 6.07) is 16.3. The number of anilines is 1. The summed E-state index contributed by atoms with van der Waals surface area (Å²) in [5, 5.41) is 10.3. The number of nitrogens with zero attached hydrogens (tertiary/aromatic N) is 8. The van der Waals surface area contributed by atoms with Gasteiger partial charge in [0.05, 0.1) is 70.1 Å². The van der Waals surface area contributed by atoms with Crippen molar-refractivity contribution in [2.24, 2.45) is 0 Å². The lowest BCUT2D eigenvalue weighted by Gasteiger charge is -2.41. The Hall–Kier alpha value is -5.53. The Morgan fingerprint density at radius 3 is 2.50 bits per heavy atom. The van der Waals surface area contributed by atoms with Gasteiger partial charge in [-0.2, -0.15) is 5.26 Å². The van der Waals surface area contributed by atoms with Crippen molar-refractivity contribution in [3.05, 3.63) is 89.6 Å². The van der Waals surface area contributed by atoms with Crippen molar-refractivity contribution < 1.29 is 9.53 Å². The summed E-state index contributed by atoms with van der Waals surface area (Å²) in [5.74, 6) is 1.11. The van der Waals surface area contributed by atoms with Gasteiger partial charge in [-0.15, -0.1) is 0 Å². The van der Waals surface area contributed by atoms with Crippen LogP contribution in [0.1, 0.15) is 60.3 Å². The predicted octanol–water partition coefficient (Wildman–Crippen LogP) is 6.27. The lowest BCUT2D eigenvalue weighted by Crippen LogP contribution is -2.54. The smallest absolute Gasteiger partial charge is 0.225 e. The minimum absolute atomic E-state index is 0.00394. The number of aromatic nitrogens is 5. The highest BCUT2D eigenvalue weighted by atomic mass is 16.5. The van der Waals surface area contributed by atoms with Crippen LogP contribution in [0.5, 0.6) is 0 Å². The quantitative estimate of drug-likeness (QED) is 0.184. The van der Waals surface area contributed by atoms with Crippen LogP contribution in [0.2, 0.25) is 0 Å². The summed E-state index contributed by atoms with van der Waals surface area (Å²) in [4.78, 5) is 40.9. The van der Waals surface area contributed by atoms with E-state index in [4.69, 9.17) is 19.7 Å². The zero-order valence-electron chi connectivity index (χ0n) is 27.1. The molecule has 1 aliphatic carbocycles. The van der Waals surface area contributed by atoms with Crippen molar-refractivity contribution in [1.29, 1.82) is 5.26 Å². The van der Waals surface area contributed by atoms with E-state index in [1.54, 1.807) is 25.6 Å². The number of rotatable bonds is 9. The van der Waals surface area contributed by atoms with Crippen molar-refractivity contribution in [1.82, 2.24) is 29.8 Å². The number of benzene rings is 2. The van der Waals surface area contributed by atoms with Gasteiger partial charge in [-0.25, -0.2) is 15.0 Å². The van der Waals surface area contributed by atoms with Gasteiger partial charge in [-0.1, -0.05) is 36.9 Å². The minimum Gasteiger partial charge on any atom is -0.384 e. The summed E-state index contributed by atoms with van der Waals surface area (Å²) >= 11 is 0. The predicted molar refractivity (Wildman–Crippen MR) is 188 cm³/mol. The Bertz CT molecular complexity index is 2120. The number of carbonyl (C=O) groups is 1. The van der Waals surface area contributed by atoms with Crippen LogP contribution in [-0.2, 0) is 9.53 Å². The van der Waals surface area contributed by atoms with E-state index in [9.17, 15) is 10.1 Å². The first-order valence-corrected chi connectivity index (χ1v) is 16.3. The second-order valence-electron chi connectivity index (χ2n) is 12.3. The molecule has 0 unspecified atom stereocenters. The number of hydrogen-bond donors (Lipinski definition) is 0. The number of carbonyl (C=O) groups excluding carboxylic acids is 1. The van der Waals surface area contributed by atoms with E-state index >= 15 is 0 Å². The number of ether oxygens (including phenoxy) is 1. The van der Waals surface area contributed by atoms with E-state index in [0.29, 0.717) is 50.0 Å². The molecule has 10 heteroatoms. The number of pyridine rings is 1. The molecular weight excluding hydrogens is 600 g/mol. The highest BCUT2D eigenvalue weighted by Crippen LogP contribution is 2.46. The molecule has 0 N–H and O–H groups in total. The first-order valence-electron chi connectivity index (χ1n) is 16.3. The molecule has 2 aromatic carbocycles. The van der Waals surface area contributed by atoms with Gasteiger partial charge >= 0.3 is 0 Å². The van der Waals surface area contributed by atoms with Crippen molar-refractivity contribution in [2.45, 2.75) is 38.1 Å². The number of hydrogen-bond acceptors (Lipinski definition) is 9. The fourth-order valence-electron chi connectivity index (χ4n) is 6.42. The zero-order valence-corrected chi connectivity index (χ0v) is 27.1. The molecule has 1 amide bonds. The van der Waals surface area contributed by atoms with Gasteiger partial charge in [0.25, 0.3) is 0 Å². The molecule has 0 radical (unpaired) electrons. The molecule has 2 fully saturated rings. The van der Waals surface area contributed by atoms with E-state index in [-0.39, 0.29) is 11.9 Å². The van der Waals surface area contributed by atoms with Crippen molar-refractivity contribution in [2.75, 3.05) is 38.3 Å². The fraction of sp³-hybridized carbons (Fsp3) is 0.289. The third-order valence-corrected chi connectivity index (χ3v) is 9.03. The van der Waals surface area contributed by atoms with E-state index in [1.165, 1.54) is 0 Å². The van der Waals surface area contributed by atoms with Gasteiger partial charge in [0, 0.05) is 55.4 Å². The van der Waals surface area contributed by atoms with Gasteiger partial charge in [0.2, 0.25) is 5.91 Å². The van der Waals surface area contributed by atoms with Crippen LogP contribution >= 0.6 is 0 Å². The lowest BCUT2D eigenvalue weighted by molar-refractivity contribution is -0.134. The van der Waals surface area contributed by atoms with Gasteiger partial charge in [-0.05, 0) is 50.1 Å². The van der Waals surface area contributed by atoms with Gasteiger partial charge in [-0.3, -0.25) is 14.8 Å². The summed E-state index contributed by atoms with van der Waals surface area (Å²) in [6.07, 6.45) is 11.6. The third kappa shape index (κ3) is 6.12. The average Bonchev–Trinajstić information content (AvgIpc) is 3.97. The van der Waals surface area contributed by atoms with Crippen LogP contribution in [0.3, 0.4) is 0 Å². The van der Waals surface area contributed by atoms with Gasteiger partial charge in [0.1, 0.15) is 11.9 Å². The van der Waals surface area contributed by atoms with E-state index in [2.05, 4.69) is 27.5 Å². The monoisotopic (exact) mass is 636 g/mol. The molecule has 0 bridgehead atoms. The van der Waals surface area contributed by atoms with E-state index in [0.717, 1.165) is 68.7 Å². The fourth-order valence-corrected chi connectivity index (χ4v) is 6.42. The molecule has 0 spiro atoms. The molecule has 1 aliphatic heterocycles. The van der Waals surface area contributed by atoms with E-state index in [1.807, 2.05) is 66.4 Å². The second-order valence-corrected chi connectivity index (χ2v) is 12.3. The van der Waals surface area contributed by atoms with Crippen molar-refractivity contribution in [3.63, 3.8) is 0 Å². The summed E-state index contributed by atoms with van der Waals surface area (Å²) in [6.45, 7) is 8.05. The largest absolute Gasteiger partial charge is 0.384 e. The van der Waals surface area contributed by atoms with Crippen molar-refractivity contribution in [3.8, 4) is 17.2 Å². The Labute approximate surface area is 279 Å². The molecule has 4 heterocycles. The molecule has 240 valence electrons. The SMILES string of the molecule is C=Cc1cnc2c(/C=C/c3cnc4c(-c5cc(C#N)c(N6CCN(C(=O)CCOC)[C@H](C)C6)nc5C5CC5)cccc4n3)cccc2n1. The topological polar surface area (TPSA) is 121 Å². The maximum absolute atomic E-state index is 12.7. The molecule has 3 aromatic heterocycles. The van der Waals surface area contributed by atoms with Crippen LogP contribution in [0.15, 0.2) is 61.4 Å². The van der Waals surface area contributed by atoms with Crippen molar-refractivity contribution >= 4 is 52.0 Å². The molecule has 48 heavy (non-hydrogen) atoms. The van der Waals surface area contributed by atoms with Gasteiger partial charge in [0.15, 0.2) is 0 Å². The number of para-hydroxylation sites is 2. The highest BCUT2D eigenvalue weighted by molar-refractivity contribution is 5.94. The summed E-state index contributed by atoms with van der Waals surface area (Å²) < 4.78 is 5.11. The Morgan fingerprint density at radius 2 is 1.75 bits per heavy atom. The standard InChI is InChI=1S/C38H36N8O2/c1-4-28-21-40-36-25(7-5-9-32(36)42-28)13-14-29-22-41-37-30(8-6-10-33(37)43-29)31-19-27(20-39)38(44-35(31)26-11-12-26)45-16-17-46(24(2)23-45)34(47)15-18-48-3/h4-10,13-14,19,21-22,24,26H,1,11-12,15-18,23H2,2-3H3/b14-13+/t24-/m1/s1.